The van der Waals surface area contributed by atoms with Crippen LogP contribution in [0.2, 0.25) is 0 Å². The molecule has 1 rings (SSSR count). The van der Waals surface area contributed by atoms with Gasteiger partial charge in [0.05, 0.1) is 11.2 Å². The second-order valence-corrected chi connectivity index (χ2v) is 2.09. The van der Waals surface area contributed by atoms with Gasteiger partial charge in [-0.3, -0.25) is 0 Å². The Hall–Kier alpha value is -1.71. The van der Waals surface area contributed by atoms with Crippen molar-refractivity contribution in [3.8, 4) is 11.5 Å². The van der Waals surface area contributed by atoms with Crippen LogP contribution in [0.4, 0.5) is 0 Å². The lowest BCUT2D eigenvalue weighted by Crippen LogP contribution is -2.00. The molecule has 0 saturated carbocycles. The first-order valence-corrected chi connectivity index (χ1v) is 3.05. The van der Waals surface area contributed by atoms with E-state index in [0.717, 1.165) is 18.2 Å². The molecule has 0 aliphatic rings. The summed E-state index contributed by atoms with van der Waals surface area (Å²) >= 11 is 0. The number of phenols is 2. The molecule has 4 heteroatoms. The van der Waals surface area contributed by atoms with E-state index in [9.17, 15) is 9.90 Å². The maximum Gasteiger partial charge on any atom is 0.341 e. The summed E-state index contributed by atoms with van der Waals surface area (Å²) in [6, 6.07) is 3.14. The molecule has 4 nitrogen and oxygen atoms in total. The largest absolute Gasteiger partial charge is 0.508 e. The van der Waals surface area contributed by atoms with E-state index in [1.54, 1.807) is 0 Å². The van der Waals surface area contributed by atoms with Gasteiger partial charge in [-0.15, -0.1) is 0 Å². The van der Waals surface area contributed by atoms with E-state index >= 15 is 0 Å². The Kier molecular flexibility index (Phi) is 1.31. The number of carbonyl (C=O) groups is 1. The topological polar surface area (TPSA) is 66.8 Å². The normalized spacial score (nSPS) is 14.2. The monoisotopic (exact) mass is 171 g/mol. The van der Waals surface area contributed by atoms with Crippen molar-refractivity contribution in [2.75, 3.05) is 7.04 Å². The van der Waals surface area contributed by atoms with Crippen LogP contribution in [0, 0.1) is 0 Å². The summed E-state index contributed by atoms with van der Waals surface area (Å²) in [5.74, 6) is -1.95. The van der Waals surface area contributed by atoms with E-state index in [4.69, 9.17) is 9.22 Å². The fraction of sp³-hybridized carbons (Fsp3) is 0.125. The van der Waals surface area contributed by atoms with Crippen LogP contribution in [0.1, 0.15) is 14.5 Å². The van der Waals surface area contributed by atoms with Crippen molar-refractivity contribution in [3.05, 3.63) is 23.8 Å². The molecule has 0 unspecified atom stereocenters. The fourth-order valence-corrected chi connectivity index (χ4v) is 0.743. The molecular weight excluding hydrogens is 160 g/mol. The summed E-state index contributed by atoms with van der Waals surface area (Å²) in [7, 11) is -2.88. The van der Waals surface area contributed by atoms with Crippen LogP contribution >= 0.6 is 0 Å². The van der Waals surface area contributed by atoms with Gasteiger partial charge in [0.15, 0.2) is 0 Å². The Balaban J connectivity index is 2.96. The van der Waals surface area contributed by atoms with Crippen molar-refractivity contribution >= 4 is 5.97 Å². The van der Waals surface area contributed by atoms with Gasteiger partial charge in [0, 0.05) is 0 Å². The Bertz CT molecular complexity index is 386. The number of phenolic OH excluding ortho intramolecular Hbond substituents is 2. The molecule has 0 aromatic heterocycles. The molecule has 0 saturated heterocycles. The summed E-state index contributed by atoms with van der Waals surface area (Å²) < 4.78 is 24.1. The van der Waals surface area contributed by atoms with Crippen LogP contribution in [0.25, 0.3) is 0 Å². The fourth-order valence-electron chi connectivity index (χ4n) is 0.743. The standard InChI is InChI=1S/C8H8O4/c1-12-8(11)6-4-5(9)2-3-7(6)10/h2-4,9-10H,1H3/i1D3. The second kappa shape index (κ2) is 3.13. The molecule has 0 spiro atoms. The van der Waals surface area contributed by atoms with Crippen LogP contribution < -0.4 is 0 Å². The van der Waals surface area contributed by atoms with Gasteiger partial charge in [-0.1, -0.05) is 0 Å². The minimum absolute atomic E-state index is 0.273. The van der Waals surface area contributed by atoms with Crippen molar-refractivity contribution in [1.29, 1.82) is 0 Å². The molecule has 0 fully saturated rings. The number of ether oxygens (including phenoxy) is 1. The molecule has 0 radical (unpaired) electrons. The zero-order valence-electron chi connectivity index (χ0n) is 8.94. The molecule has 64 valence electrons. The molecule has 12 heavy (non-hydrogen) atoms. The van der Waals surface area contributed by atoms with E-state index in [1.807, 2.05) is 0 Å². The summed E-state index contributed by atoms with van der Waals surface area (Å²) in [6.07, 6.45) is 0. The second-order valence-electron chi connectivity index (χ2n) is 2.09. The van der Waals surface area contributed by atoms with Crippen molar-refractivity contribution in [3.63, 3.8) is 0 Å². The zero-order valence-corrected chi connectivity index (χ0v) is 5.94. The average Bonchev–Trinajstić information content (AvgIpc) is 2.06. The minimum Gasteiger partial charge on any atom is -0.508 e. The number of esters is 1. The first kappa shape index (κ1) is 5.03. The number of hydrogen-bond donors (Lipinski definition) is 2. The first-order valence-electron chi connectivity index (χ1n) is 4.55. The summed E-state index contributed by atoms with van der Waals surface area (Å²) in [5.41, 5.74) is -0.397. The number of carbonyl (C=O) groups excluding carboxylic acids is 1. The van der Waals surface area contributed by atoms with E-state index in [2.05, 4.69) is 4.74 Å². The SMILES string of the molecule is [2H]C([2H])([2H])OC(=O)c1cc(O)ccc1O. The highest BCUT2D eigenvalue weighted by molar-refractivity contribution is 5.92. The first-order chi connectivity index (χ1) is 6.79. The van der Waals surface area contributed by atoms with E-state index in [1.165, 1.54) is 0 Å². The molecule has 0 atom stereocenters. The van der Waals surface area contributed by atoms with Crippen LogP contribution in [-0.2, 0) is 4.74 Å². The Labute approximate surface area is 73.2 Å². The van der Waals surface area contributed by atoms with E-state index in [0.29, 0.717) is 0 Å². The highest BCUT2D eigenvalue weighted by Gasteiger charge is 2.11. The van der Waals surface area contributed by atoms with Gasteiger partial charge in [0.1, 0.15) is 17.1 Å². The van der Waals surface area contributed by atoms with Gasteiger partial charge in [-0.05, 0) is 18.2 Å². The average molecular weight is 171 g/mol. The lowest BCUT2D eigenvalue weighted by molar-refractivity contribution is 0.0597. The molecule has 1 aromatic carbocycles. The maximum atomic E-state index is 11.2. The summed E-state index contributed by atoms with van der Waals surface area (Å²) in [6.45, 7) is 0. The lowest BCUT2D eigenvalue weighted by atomic mass is 10.2. The summed E-state index contributed by atoms with van der Waals surface area (Å²) in [5, 5.41) is 18.2. The molecule has 0 heterocycles. The number of rotatable bonds is 1. The van der Waals surface area contributed by atoms with Gasteiger partial charge in [-0.25, -0.2) is 4.79 Å². The van der Waals surface area contributed by atoms with Gasteiger partial charge >= 0.3 is 5.97 Å². The molecule has 2 N–H and O–H groups in total. The van der Waals surface area contributed by atoms with Crippen molar-refractivity contribution in [2.24, 2.45) is 0 Å². The third-order valence-electron chi connectivity index (χ3n) is 1.29. The summed E-state index contributed by atoms with van der Waals surface area (Å²) in [4.78, 5) is 11.2. The number of aromatic hydroxyl groups is 2. The Morgan fingerprint density at radius 2 is 2.33 bits per heavy atom. The Morgan fingerprint density at radius 1 is 1.58 bits per heavy atom. The van der Waals surface area contributed by atoms with Gasteiger partial charge in [-0.2, -0.15) is 0 Å². The molecule has 0 amide bonds. The third kappa shape index (κ3) is 1.47. The highest BCUT2D eigenvalue weighted by atomic mass is 16.5. The zero-order chi connectivity index (χ0) is 11.6. The van der Waals surface area contributed by atoms with Gasteiger partial charge in [0.25, 0.3) is 0 Å². The Morgan fingerprint density at radius 3 is 3.00 bits per heavy atom. The molecule has 0 aliphatic carbocycles. The molecule has 1 aromatic rings. The van der Waals surface area contributed by atoms with Crippen molar-refractivity contribution < 1.29 is 23.9 Å². The quantitative estimate of drug-likeness (QED) is 0.486. The van der Waals surface area contributed by atoms with Crippen molar-refractivity contribution in [1.82, 2.24) is 0 Å². The highest BCUT2D eigenvalue weighted by Crippen LogP contribution is 2.22. The number of hydrogen-bond acceptors (Lipinski definition) is 4. The van der Waals surface area contributed by atoms with Gasteiger partial charge < -0.3 is 14.9 Å². The predicted molar refractivity (Wildman–Crippen MR) is 41.1 cm³/mol. The van der Waals surface area contributed by atoms with E-state index < -0.39 is 24.3 Å². The predicted octanol–water partition coefficient (Wildman–Crippen LogP) is 0.884. The van der Waals surface area contributed by atoms with Gasteiger partial charge in [0.2, 0.25) is 0 Å². The van der Waals surface area contributed by atoms with Crippen LogP contribution in [-0.4, -0.2) is 23.2 Å². The maximum absolute atomic E-state index is 11.2. The van der Waals surface area contributed by atoms with Crippen LogP contribution in [0.5, 0.6) is 11.5 Å². The lowest BCUT2D eigenvalue weighted by Gasteiger charge is -2.01. The van der Waals surface area contributed by atoms with Crippen LogP contribution in [0.3, 0.4) is 0 Å². The third-order valence-corrected chi connectivity index (χ3v) is 1.29. The minimum atomic E-state index is -2.88. The number of benzene rings is 1. The molecular formula is C8H8O4. The van der Waals surface area contributed by atoms with Crippen LogP contribution in [0.15, 0.2) is 18.2 Å². The smallest absolute Gasteiger partial charge is 0.341 e. The van der Waals surface area contributed by atoms with Crippen molar-refractivity contribution in [2.45, 2.75) is 0 Å². The molecule has 0 bridgehead atoms. The number of methoxy groups -OCH3 is 1. The van der Waals surface area contributed by atoms with E-state index in [-0.39, 0.29) is 5.75 Å². The molecule has 0 aliphatic heterocycles.